The minimum Gasteiger partial charge on any atom is 0 e. The Hall–Kier alpha value is 2.58. The van der Waals surface area contributed by atoms with E-state index >= 15 is 0 Å². The van der Waals surface area contributed by atoms with Crippen molar-refractivity contribution in [1.29, 1.82) is 0 Å². The second-order valence-electron chi connectivity index (χ2n) is 0.152. The van der Waals surface area contributed by atoms with Crippen LogP contribution in [0.3, 0.4) is 0 Å². The smallest absolute Gasteiger partial charge is 0 e. The molecule has 0 fully saturated rings. The molecule has 5 heteroatoms. The molecule has 0 rings (SSSR count). The van der Waals surface area contributed by atoms with Crippen LogP contribution in [-0.2, 0) is 11.2 Å². The monoisotopic (exact) mass is 300 g/mol. The van der Waals surface area contributed by atoms with Crippen LogP contribution in [0, 0.1) is 35.6 Å². The summed E-state index contributed by atoms with van der Waals surface area (Å²) in [5.41, 5.74) is 0. The molecular weight excluding hydrogens is 301 g/mol. The second kappa shape index (κ2) is 6.58. The van der Waals surface area contributed by atoms with Gasteiger partial charge in [-0.3, -0.25) is 0 Å². The molecule has 1 radical (unpaired) electrons. The second-order valence-corrected chi connectivity index (χ2v) is 5.62. The van der Waals surface area contributed by atoms with E-state index in [1.165, 1.54) is 0 Å². The van der Waals surface area contributed by atoms with Crippen LogP contribution >= 0.6 is 30.3 Å². The van der Waals surface area contributed by atoms with E-state index < -0.39 is 11.2 Å². The SMILES string of the molecule is [Cl][Fe]([Cl])[Cl].[La]. The molecule has 0 nitrogen and oxygen atoms in total. The van der Waals surface area contributed by atoms with Crippen LogP contribution in [-0.4, -0.2) is 0 Å². The van der Waals surface area contributed by atoms with Crippen LogP contribution < -0.4 is 0 Å². The topological polar surface area (TPSA) is 0 Å². The Balaban J connectivity index is 0. The number of hydrogen-bond donors (Lipinski definition) is 0. The van der Waals surface area contributed by atoms with Gasteiger partial charge in [-0.15, -0.1) is 0 Å². The molecule has 0 N–H and O–H groups in total. The zero-order chi connectivity index (χ0) is 3.58. The van der Waals surface area contributed by atoms with Crippen LogP contribution in [0.1, 0.15) is 0 Å². The molecule has 0 saturated carbocycles. The summed E-state index contributed by atoms with van der Waals surface area (Å²) in [6.07, 6.45) is 0. The summed E-state index contributed by atoms with van der Waals surface area (Å²) in [5, 5.41) is 0. The quantitative estimate of drug-likeness (QED) is 0.601. The van der Waals surface area contributed by atoms with E-state index in [0.717, 1.165) is 0 Å². The van der Waals surface area contributed by atoms with Gasteiger partial charge in [-0.2, -0.15) is 0 Å². The van der Waals surface area contributed by atoms with Crippen molar-refractivity contribution in [3.05, 3.63) is 0 Å². The molecule has 0 aliphatic heterocycles. The van der Waals surface area contributed by atoms with Crippen molar-refractivity contribution in [3.8, 4) is 0 Å². The summed E-state index contributed by atoms with van der Waals surface area (Å²) in [6.45, 7) is 0. The van der Waals surface area contributed by atoms with Gasteiger partial charge >= 0.3 is 41.5 Å². The van der Waals surface area contributed by atoms with Gasteiger partial charge in [0.05, 0.1) is 0 Å². The van der Waals surface area contributed by atoms with E-state index in [2.05, 4.69) is 0 Å². The van der Waals surface area contributed by atoms with Crippen molar-refractivity contribution in [2.24, 2.45) is 0 Å². The average Bonchev–Trinajstić information content (AvgIpc) is 0.811. The van der Waals surface area contributed by atoms with Crippen molar-refractivity contribution in [3.63, 3.8) is 0 Å². The van der Waals surface area contributed by atoms with Crippen molar-refractivity contribution in [1.82, 2.24) is 0 Å². The zero-order valence-electron chi connectivity index (χ0n) is 2.06. The normalized spacial score (nSPS) is 9.00. The maximum Gasteiger partial charge on any atom is 0 e. The molecule has 0 aromatic carbocycles. The summed E-state index contributed by atoms with van der Waals surface area (Å²) >= 11 is -1.33. The predicted molar refractivity (Wildman–Crippen MR) is 17.6 cm³/mol. The first-order valence-electron chi connectivity index (χ1n) is 0.401. The van der Waals surface area contributed by atoms with Gasteiger partial charge in [0.1, 0.15) is 0 Å². The van der Waals surface area contributed by atoms with E-state index in [1.54, 1.807) is 0 Å². The van der Waals surface area contributed by atoms with E-state index in [1.807, 2.05) is 0 Å². The Bertz CT molecular complexity index is 11.6. The summed E-state index contributed by atoms with van der Waals surface area (Å²) in [7, 11) is 14.7. The van der Waals surface area contributed by atoms with Crippen LogP contribution in [0.2, 0.25) is 0 Å². The van der Waals surface area contributed by atoms with Gasteiger partial charge in [-0.1, -0.05) is 0 Å². The van der Waals surface area contributed by atoms with Crippen molar-refractivity contribution >= 4 is 30.3 Å². The molecule has 0 heterocycles. The third-order valence-corrected chi connectivity index (χ3v) is 0. The van der Waals surface area contributed by atoms with E-state index in [-0.39, 0.29) is 35.6 Å². The van der Waals surface area contributed by atoms with Crippen molar-refractivity contribution in [2.75, 3.05) is 0 Å². The Morgan fingerprint density at radius 1 is 1.00 bits per heavy atom. The van der Waals surface area contributed by atoms with Crippen LogP contribution in [0.4, 0.5) is 0 Å². The number of hydrogen-bond acceptors (Lipinski definition) is 0. The Kier molecular flexibility index (Phi) is 13.9. The molecule has 0 spiro atoms. The minimum absolute atomic E-state index is 0. The molecule has 0 aromatic rings. The minimum atomic E-state index is -1.33. The summed E-state index contributed by atoms with van der Waals surface area (Å²) in [5.74, 6) is 0. The molecule has 0 aliphatic carbocycles. The van der Waals surface area contributed by atoms with E-state index in [0.29, 0.717) is 0 Å². The third kappa shape index (κ3) is 20.7. The standard InChI is InChI=1S/3ClH.Fe.La/h3*1H;;/q;;;+3;/p-3. The zero-order valence-corrected chi connectivity index (χ0v) is 9.06. The van der Waals surface area contributed by atoms with Gasteiger partial charge in [0.25, 0.3) is 0 Å². The first-order chi connectivity index (χ1) is 1.73. The maximum absolute atomic E-state index is 4.89. The molecule has 0 saturated heterocycles. The molecule has 0 bridgehead atoms. The molecule has 0 unspecified atom stereocenters. The van der Waals surface area contributed by atoms with Gasteiger partial charge in [-0.25, -0.2) is 0 Å². The largest absolute Gasteiger partial charge is 0 e. The Morgan fingerprint density at radius 2 is 1.00 bits per heavy atom. The van der Waals surface area contributed by atoms with Gasteiger partial charge in [0, 0.05) is 35.6 Å². The van der Waals surface area contributed by atoms with Gasteiger partial charge in [0.2, 0.25) is 0 Å². The third-order valence-electron chi connectivity index (χ3n) is 0. The fourth-order valence-corrected chi connectivity index (χ4v) is 0. The summed E-state index contributed by atoms with van der Waals surface area (Å²) in [4.78, 5) is 0. The fourth-order valence-electron chi connectivity index (χ4n) is 0. The van der Waals surface area contributed by atoms with Crippen LogP contribution in [0.5, 0.6) is 0 Å². The Labute approximate surface area is 75.7 Å². The molecule has 0 amide bonds. The van der Waals surface area contributed by atoms with Crippen molar-refractivity contribution < 1.29 is 46.8 Å². The Morgan fingerprint density at radius 3 is 1.00 bits per heavy atom. The van der Waals surface area contributed by atoms with Crippen LogP contribution in [0.15, 0.2) is 0 Å². The number of rotatable bonds is 0. The van der Waals surface area contributed by atoms with Gasteiger partial charge < -0.3 is 0 Å². The van der Waals surface area contributed by atoms with E-state index in [9.17, 15) is 0 Å². The fraction of sp³-hybridized carbons (Fsp3) is 0. The molecule has 0 aromatic heterocycles. The van der Waals surface area contributed by atoms with E-state index in [4.69, 9.17) is 30.3 Å². The average molecular weight is 301 g/mol. The van der Waals surface area contributed by atoms with Crippen molar-refractivity contribution in [2.45, 2.75) is 0 Å². The van der Waals surface area contributed by atoms with Gasteiger partial charge in [0.15, 0.2) is 0 Å². The van der Waals surface area contributed by atoms with Gasteiger partial charge in [-0.05, 0) is 0 Å². The molecule has 32 valence electrons. The molecule has 0 atom stereocenters. The predicted octanol–water partition coefficient (Wildman–Crippen LogP) is 2.07. The first-order valence-corrected chi connectivity index (χ1v) is 4.96. The molecular formula is Cl3FeLa. The molecule has 0 aliphatic rings. The molecule has 5 heavy (non-hydrogen) atoms. The summed E-state index contributed by atoms with van der Waals surface area (Å²) in [6, 6.07) is 0. The van der Waals surface area contributed by atoms with Crippen LogP contribution in [0.25, 0.3) is 0 Å². The maximum atomic E-state index is 4.89. The number of halogens is 3. The first kappa shape index (κ1) is 10.5. The summed E-state index contributed by atoms with van der Waals surface area (Å²) < 4.78 is 0.